The zero-order chi connectivity index (χ0) is 51.3. The Kier molecular flexibility index (Phi) is 51.7. The fourth-order valence-corrected chi connectivity index (χ4v) is 9.13. The topological polar surface area (TPSA) is 155 Å². The van der Waals surface area contributed by atoms with Crippen molar-refractivity contribution in [2.45, 2.75) is 303 Å². The Morgan fingerprint density at radius 1 is 0.386 bits per heavy atom. The van der Waals surface area contributed by atoms with Crippen molar-refractivity contribution < 1.29 is 52.2 Å². The first-order valence-corrected chi connectivity index (χ1v) is 30.7. The highest BCUT2D eigenvalue weighted by atomic mass is 31.2. The van der Waals surface area contributed by atoms with Gasteiger partial charge in [0.25, 0.3) is 0 Å². The van der Waals surface area contributed by atoms with Gasteiger partial charge < -0.3 is 24.2 Å². The Morgan fingerprint density at radius 2 is 0.657 bits per heavy atom. The molecule has 0 aliphatic carbocycles. The minimum atomic E-state index is -4.74. The summed E-state index contributed by atoms with van der Waals surface area (Å²) in [6.45, 7) is 4.65. The van der Waals surface area contributed by atoms with Crippen molar-refractivity contribution in [2.24, 2.45) is 0 Å². The number of phosphoric acid groups is 1. The number of aliphatic hydroxyl groups excluding tert-OH is 1. The van der Waals surface area contributed by atoms with Crippen LogP contribution in [0.3, 0.4) is 0 Å². The molecule has 12 heteroatoms. The van der Waals surface area contributed by atoms with E-state index in [0.717, 1.165) is 83.5 Å². The second-order valence-electron chi connectivity index (χ2n) is 19.8. The third-order valence-electron chi connectivity index (χ3n) is 12.8. The number of allylic oxidation sites excluding steroid dienone is 4. The van der Waals surface area contributed by atoms with Crippen molar-refractivity contribution >= 4 is 25.7 Å². The lowest BCUT2D eigenvalue weighted by atomic mass is 10.0. The van der Waals surface area contributed by atoms with Gasteiger partial charge in [-0.2, -0.15) is 0 Å². The minimum absolute atomic E-state index is 0.161. The van der Waals surface area contributed by atoms with Gasteiger partial charge in [0.15, 0.2) is 6.10 Å². The van der Waals surface area contributed by atoms with Crippen LogP contribution >= 0.6 is 7.82 Å². The van der Waals surface area contributed by atoms with E-state index in [1.54, 1.807) is 0 Å². The molecular weight excluding hydrogens is 904 g/mol. The van der Waals surface area contributed by atoms with E-state index in [1.807, 2.05) is 0 Å². The number of aliphatic hydroxyl groups is 1. The second kappa shape index (κ2) is 53.3. The van der Waals surface area contributed by atoms with Crippen LogP contribution < -0.4 is 0 Å². The molecule has 0 heterocycles. The molecule has 0 amide bonds. The number of unbranched alkanes of at least 4 members (excludes halogenated alkanes) is 34. The van der Waals surface area contributed by atoms with Gasteiger partial charge in [-0.25, -0.2) is 4.57 Å². The first-order valence-electron chi connectivity index (χ1n) is 29.2. The van der Waals surface area contributed by atoms with E-state index in [1.165, 1.54) is 148 Å². The molecule has 0 rings (SSSR count). The van der Waals surface area contributed by atoms with E-state index in [0.29, 0.717) is 19.3 Å². The van der Waals surface area contributed by atoms with E-state index >= 15 is 0 Å². The van der Waals surface area contributed by atoms with Crippen molar-refractivity contribution in [2.75, 3.05) is 26.4 Å². The van der Waals surface area contributed by atoms with Gasteiger partial charge in [0, 0.05) is 19.3 Å². The summed E-state index contributed by atoms with van der Waals surface area (Å²) in [6, 6.07) is 0. The largest absolute Gasteiger partial charge is 0.472 e. The van der Waals surface area contributed by atoms with Crippen LogP contribution in [0, 0.1) is 0 Å². The molecule has 0 spiro atoms. The third kappa shape index (κ3) is 50.9. The number of rotatable bonds is 55. The maximum absolute atomic E-state index is 12.9. The number of ether oxygens (including phenoxy) is 3. The Bertz CT molecular complexity index is 1270. The summed E-state index contributed by atoms with van der Waals surface area (Å²) < 4.78 is 39.5. The molecule has 0 aromatic heterocycles. The van der Waals surface area contributed by atoms with Crippen molar-refractivity contribution in [3.63, 3.8) is 0 Å². The van der Waals surface area contributed by atoms with Crippen LogP contribution in [0.2, 0.25) is 0 Å². The van der Waals surface area contributed by atoms with Crippen LogP contribution in [-0.2, 0) is 42.2 Å². The van der Waals surface area contributed by atoms with Gasteiger partial charge in [-0.3, -0.25) is 23.4 Å². The van der Waals surface area contributed by atoms with Crippen molar-refractivity contribution in [3.05, 3.63) is 24.3 Å². The molecule has 11 nitrogen and oxygen atoms in total. The highest BCUT2D eigenvalue weighted by molar-refractivity contribution is 7.47. The normalized spacial score (nSPS) is 13.5. The van der Waals surface area contributed by atoms with Gasteiger partial charge in [-0.1, -0.05) is 225 Å². The standard InChI is InChI=1S/C58H109O11P/c1-4-7-10-13-16-19-22-25-26-27-28-31-32-35-38-41-44-47-56(60)65-51-55(69-58(62)49-46-43-40-37-34-30-24-21-18-15-12-9-6-3)53-67-70(63,64)66-52-54(50-59)68-57(61)48-45-42-39-36-33-29-23-20-17-14-11-8-5-2/h21,24-26,54-55,59H,4-20,22-23,27-53H2,1-3H3,(H,63,64)/b24-21-,26-25-. The van der Waals surface area contributed by atoms with E-state index in [2.05, 4.69) is 45.1 Å². The number of carbonyl (C=O) groups excluding carboxylic acids is 3. The van der Waals surface area contributed by atoms with Crippen LogP contribution in [0.4, 0.5) is 0 Å². The third-order valence-corrected chi connectivity index (χ3v) is 13.8. The number of esters is 3. The van der Waals surface area contributed by atoms with Gasteiger partial charge in [-0.15, -0.1) is 0 Å². The van der Waals surface area contributed by atoms with E-state index < -0.39 is 57.8 Å². The summed E-state index contributed by atoms with van der Waals surface area (Å²) in [5.74, 6) is -1.46. The summed E-state index contributed by atoms with van der Waals surface area (Å²) >= 11 is 0. The molecule has 0 aromatic rings. The molecule has 0 saturated carbocycles. The summed E-state index contributed by atoms with van der Waals surface area (Å²) in [4.78, 5) is 48.5. The Balaban J connectivity index is 4.68. The van der Waals surface area contributed by atoms with Crippen LogP contribution in [0.25, 0.3) is 0 Å². The highest BCUT2D eigenvalue weighted by Crippen LogP contribution is 2.43. The monoisotopic (exact) mass is 1010 g/mol. The van der Waals surface area contributed by atoms with Gasteiger partial charge >= 0.3 is 25.7 Å². The summed E-state index contributed by atoms with van der Waals surface area (Å²) in [7, 11) is -4.74. The lowest BCUT2D eigenvalue weighted by Crippen LogP contribution is -2.30. The fourth-order valence-electron chi connectivity index (χ4n) is 8.35. The first-order chi connectivity index (χ1) is 34.2. The number of phosphoric ester groups is 1. The molecular formula is C58H109O11P. The Hall–Kier alpha value is -2.04. The molecule has 70 heavy (non-hydrogen) atoms. The van der Waals surface area contributed by atoms with Crippen molar-refractivity contribution in [1.29, 1.82) is 0 Å². The zero-order valence-corrected chi connectivity index (χ0v) is 46.4. The highest BCUT2D eigenvalue weighted by Gasteiger charge is 2.28. The van der Waals surface area contributed by atoms with Crippen LogP contribution in [0.15, 0.2) is 24.3 Å². The predicted molar refractivity (Wildman–Crippen MR) is 289 cm³/mol. The molecule has 0 aliphatic rings. The van der Waals surface area contributed by atoms with E-state index in [9.17, 15) is 28.9 Å². The molecule has 3 atom stereocenters. The number of carbonyl (C=O) groups is 3. The number of hydrogen-bond donors (Lipinski definition) is 2. The quantitative estimate of drug-likeness (QED) is 0.0197. The summed E-state index contributed by atoms with van der Waals surface area (Å²) in [5, 5.41) is 9.80. The molecule has 0 bridgehead atoms. The average molecular weight is 1010 g/mol. The molecule has 0 aliphatic heterocycles. The van der Waals surface area contributed by atoms with Crippen LogP contribution in [-0.4, -0.2) is 66.5 Å². The van der Waals surface area contributed by atoms with Crippen LogP contribution in [0.1, 0.15) is 290 Å². The first kappa shape index (κ1) is 68.0. The molecule has 0 aromatic carbocycles. The van der Waals surface area contributed by atoms with Crippen molar-refractivity contribution in [1.82, 2.24) is 0 Å². The molecule has 0 fully saturated rings. The molecule has 0 saturated heterocycles. The Morgan fingerprint density at radius 3 is 1.00 bits per heavy atom. The lowest BCUT2D eigenvalue weighted by Gasteiger charge is -2.21. The average Bonchev–Trinajstić information content (AvgIpc) is 3.35. The van der Waals surface area contributed by atoms with Crippen LogP contribution in [0.5, 0.6) is 0 Å². The number of hydrogen-bond acceptors (Lipinski definition) is 10. The summed E-state index contributed by atoms with van der Waals surface area (Å²) in [5.41, 5.74) is 0. The molecule has 2 N–H and O–H groups in total. The van der Waals surface area contributed by atoms with Gasteiger partial charge in [0.05, 0.1) is 19.8 Å². The lowest BCUT2D eigenvalue weighted by molar-refractivity contribution is -0.161. The maximum Gasteiger partial charge on any atom is 0.472 e. The smallest absolute Gasteiger partial charge is 0.462 e. The molecule has 412 valence electrons. The maximum atomic E-state index is 12.9. The second-order valence-corrected chi connectivity index (χ2v) is 21.3. The van der Waals surface area contributed by atoms with E-state index in [-0.39, 0.29) is 25.9 Å². The minimum Gasteiger partial charge on any atom is -0.462 e. The van der Waals surface area contributed by atoms with Gasteiger partial charge in [0.2, 0.25) is 0 Å². The molecule has 0 radical (unpaired) electrons. The fraction of sp³-hybridized carbons (Fsp3) is 0.879. The van der Waals surface area contributed by atoms with Gasteiger partial charge in [0.1, 0.15) is 12.7 Å². The van der Waals surface area contributed by atoms with Gasteiger partial charge in [-0.05, 0) is 70.6 Å². The molecule has 3 unspecified atom stereocenters. The summed E-state index contributed by atoms with van der Waals surface area (Å²) in [6.07, 6.45) is 52.7. The van der Waals surface area contributed by atoms with Crippen molar-refractivity contribution in [3.8, 4) is 0 Å². The van der Waals surface area contributed by atoms with E-state index in [4.69, 9.17) is 23.3 Å². The SMILES string of the molecule is CCCCCC/C=C\CCCCCCCC(=O)OC(COC(=O)CCCCCCCCC/C=C\CCCCCCCC)COP(=O)(O)OCC(CO)OC(=O)CCCCCCCCCCCCCCC. The Labute approximate surface area is 429 Å². The zero-order valence-electron chi connectivity index (χ0n) is 45.5. The predicted octanol–water partition coefficient (Wildman–Crippen LogP) is 17.0.